The summed E-state index contributed by atoms with van der Waals surface area (Å²) in [4.78, 5) is 51.9. The number of hydrogen-bond acceptors (Lipinski definition) is 7. The Hall–Kier alpha value is -4.66. The van der Waals surface area contributed by atoms with Crippen LogP contribution in [0.5, 0.6) is 0 Å². The van der Waals surface area contributed by atoms with Crippen LogP contribution in [0.4, 0.5) is 10.5 Å². The van der Waals surface area contributed by atoms with Crippen LogP contribution >= 0.6 is 0 Å². The number of anilines is 1. The Bertz CT molecular complexity index is 1310. The number of hydrogen-bond donors (Lipinski definition) is 2. The molecule has 2 amide bonds. The number of ether oxygens (including phenoxy) is 2. The van der Waals surface area contributed by atoms with Crippen molar-refractivity contribution < 1.29 is 28.7 Å². The number of benzene rings is 3. The number of alkyl carbamates (subject to hydrolysis) is 1. The lowest BCUT2D eigenvalue weighted by Crippen LogP contribution is -2.50. The molecule has 0 saturated heterocycles. The number of Topliss-reactive ketones (excluding diaryl/α,β-unsaturated/α-hetero) is 1. The first-order chi connectivity index (χ1) is 18.3. The van der Waals surface area contributed by atoms with E-state index in [2.05, 4.69) is 10.6 Å². The van der Waals surface area contributed by atoms with Crippen LogP contribution in [-0.2, 0) is 19.1 Å². The number of ketones is 1. The van der Waals surface area contributed by atoms with Crippen molar-refractivity contribution in [2.45, 2.75) is 12.0 Å². The normalized spacial score (nSPS) is 12.5. The first kappa shape index (κ1) is 26.4. The molecule has 2 N–H and O–H groups in total. The summed E-state index contributed by atoms with van der Waals surface area (Å²) in [5.74, 6) is -2.41. The SMILES string of the molecule is COC(=O)C(NC(=O)CNC(=O)OCC1c2ccccc2-c2ccccc21)C(=O)c1ccc(N(C)C)cc1. The molecule has 0 radical (unpaired) electrons. The number of carbonyl (C=O) groups is 4. The average Bonchev–Trinajstić information content (AvgIpc) is 3.26. The maximum Gasteiger partial charge on any atom is 0.407 e. The van der Waals surface area contributed by atoms with Crippen LogP contribution < -0.4 is 15.5 Å². The molecule has 9 nitrogen and oxygen atoms in total. The Morgan fingerprint density at radius 3 is 2.00 bits per heavy atom. The van der Waals surface area contributed by atoms with Gasteiger partial charge in [0.2, 0.25) is 5.91 Å². The largest absolute Gasteiger partial charge is 0.467 e. The highest BCUT2D eigenvalue weighted by atomic mass is 16.5. The van der Waals surface area contributed by atoms with Crippen molar-refractivity contribution in [3.63, 3.8) is 0 Å². The van der Waals surface area contributed by atoms with E-state index in [1.807, 2.05) is 67.5 Å². The second kappa shape index (κ2) is 11.6. The average molecular weight is 516 g/mol. The maximum atomic E-state index is 12.9. The highest BCUT2D eigenvalue weighted by Crippen LogP contribution is 2.44. The van der Waals surface area contributed by atoms with Crippen molar-refractivity contribution in [3.05, 3.63) is 89.5 Å². The second-order valence-electron chi connectivity index (χ2n) is 9.01. The summed E-state index contributed by atoms with van der Waals surface area (Å²) in [6.45, 7) is -0.398. The smallest absolute Gasteiger partial charge is 0.407 e. The Morgan fingerprint density at radius 1 is 0.868 bits per heavy atom. The van der Waals surface area contributed by atoms with Gasteiger partial charge in [0.15, 0.2) is 11.8 Å². The summed E-state index contributed by atoms with van der Waals surface area (Å²) in [6, 6.07) is 20.9. The summed E-state index contributed by atoms with van der Waals surface area (Å²) in [5.41, 5.74) is 5.44. The fourth-order valence-corrected chi connectivity index (χ4v) is 4.45. The number of amides is 2. The lowest BCUT2D eigenvalue weighted by molar-refractivity contribution is -0.143. The van der Waals surface area contributed by atoms with Gasteiger partial charge in [0.05, 0.1) is 7.11 Å². The van der Waals surface area contributed by atoms with Gasteiger partial charge < -0.3 is 25.0 Å². The van der Waals surface area contributed by atoms with E-state index in [0.29, 0.717) is 0 Å². The van der Waals surface area contributed by atoms with Crippen molar-refractivity contribution in [2.75, 3.05) is 39.3 Å². The Labute approximate surface area is 220 Å². The van der Waals surface area contributed by atoms with Crippen molar-refractivity contribution >= 4 is 29.4 Å². The molecule has 196 valence electrons. The third-order valence-electron chi connectivity index (χ3n) is 6.41. The predicted molar refractivity (Wildman–Crippen MR) is 142 cm³/mol. The molecule has 1 aliphatic rings. The molecule has 0 heterocycles. The van der Waals surface area contributed by atoms with Crippen LogP contribution in [0.25, 0.3) is 11.1 Å². The predicted octanol–water partition coefficient (Wildman–Crippen LogP) is 3.13. The minimum atomic E-state index is -1.55. The molecule has 1 unspecified atom stereocenters. The molecule has 4 rings (SSSR count). The number of methoxy groups -OCH3 is 1. The zero-order valence-corrected chi connectivity index (χ0v) is 21.4. The van der Waals surface area contributed by atoms with Crippen molar-refractivity contribution in [3.8, 4) is 11.1 Å². The van der Waals surface area contributed by atoms with Gasteiger partial charge in [-0.1, -0.05) is 48.5 Å². The van der Waals surface area contributed by atoms with Gasteiger partial charge in [-0.25, -0.2) is 9.59 Å². The number of nitrogens with one attached hydrogen (secondary N) is 2. The molecule has 3 aromatic carbocycles. The topological polar surface area (TPSA) is 114 Å². The van der Waals surface area contributed by atoms with E-state index in [-0.39, 0.29) is 18.1 Å². The first-order valence-corrected chi connectivity index (χ1v) is 12.1. The molecule has 0 fully saturated rings. The monoisotopic (exact) mass is 515 g/mol. The molecule has 0 spiro atoms. The standard InChI is InChI=1S/C29H29N3O6/c1-32(2)19-14-12-18(13-15-19)27(34)26(28(35)37-3)31-25(33)16-30-29(36)38-17-24-22-10-6-4-8-20(22)21-9-5-7-11-23(21)24/h4-15,24,26H,16-17H2,1-3H3,(H,30,36)(H,31,33). The third kappa shape index (κ3) is 5.67. The van der Waals surface area contributed by atoms with Crippen molar-refractivity contribution in [1.29, 1.82) is 0 Å². The van der Waals surface area contributed by atoms with Crippen LogP contribution in [0.15, 0.2) is 72.8 Å². The summed E-state index contributed by atoms with van der Waals surface area (Å²) < 4.78 is 10.1. The van der Waals surface area contributed by atoms with Gasteiger partial charge in [0, 0.05) is 31.3 Å². The van der Waals surface area contributed by atoms with E-state index in [0.717, 1.165) is 35.1 Å². The number of rotatable bonds is 9. The lowest BCUT2D eigenvalue weighted by atomic mass is 9.98. The molecule has 0 aromatic heterocycles. The fraction of sp³-hybridized carbons (Fsp3) is 0.241. The summed E-state index contributed by atoms with van der Waals surface area (Å²) >= 11 is 0. The van der Waals surface area contributed by atoms with Gasteiger partial charge in [-0.15, -0.1) is 0 Å². The van der Waals surface area contributed by atoms with Crippen LogP contribution in [0.1, 0.15) is 27.4 Å². The van der Waals surface area contributed by atoms with Gasteiger partial charge >= 0.3 is 12.1 Å². The highest BCUT2D eigenvalue weighted by Gasteiger charge is 2.31. The molecule has 9 heteroatoms. The van der Waals surface area contributed by atoms with E-state index in [1.54, 1.807) is 24.3 Å². The molecule has 0 bridgehead atoms. The quantitative estimate of drug-likeness (QED) is 0.256. The molecule has 0 saturated carbocycles. The lowest BCUT2D eigenvalue weighted by Gasteiger charge is -2.17. The summed E-state index contributed by atoms with van der Waals surface area (Å²) in [6.07, 6.45) is -0.790. The van der Waals surface area contributed by atoms with Gasteiger partial charge in [-0.05, 0) is 46.5 Å². The van der Waals surface area contributed by atoms with Gasteiger partial charge in [0.25, 0.3) is 0 Å². The van der Waals surface area contributed by atoms with Gasteiger partial charge in [-0.3, -0.25) is 9.59 Å². The van der Waals surface area contributed by atoms with Crippen molar-refractivity contribution in [2.24, 2.45) is 0 Å². The fourth-order valence-electron chi connectivity index (χ4n) is 4.45. The number of esters is 1. The number of carbonyl (C=O) groups excluding carboxylic acids is 4. The van der Waals surface area contributed by atoms with Crippen LogP contribution in [0, 0.1) is 0 Å². The summed E-state index contributed by atoms with van der Waals surface area (Å²) in [5, 5.41) is 4.71. The van der Waals surface area contributed by atoms with Gasteiger partial charge in [-0.2, -0.15) is 0 Å². The van der Waals surface area contributed by atoms with E-state index >= 15 is 0 Å². The van der Waals surface area contributed by atoms with E-state index < -0.39 is 36.3 Å². The van der Waals surface area contributed by atoms with E-state index in [4.69, 9.17) is 9.47 Å². The van der Waals surface area contributed by atoms with Crippen LogP contribution in [0.3, 0.4) is 0 Å². The highest BCUT2D eigenvalue weighted by molar-refractivity contribution is 6.14. The molecule has 38 heavy (non-hydrogen) atoms. The maximum absolute atomic E-state index is 12.9. The molecule has 3 aromatic rings. The minimum Gasteiger partial charge on any atom is -0.467 e. The Kier molecular flexibility index (Phi) is 8.06. The van der Waals surface area contributed by atoms with E-state index in [1.165, 1.54) is 0 Å². The first-order valence-electron chi connectivity index (χ1n) is 12.1. The molecule has 0 aliphatic heterocycles. The Morgan fingerprint density at radius 2 is 1.45 bits per heavy atom. The molecule has 1 atom stereocenters. The van der Waals surface area contributed by atoms with Gasteiger partial charge in [0.1, 0.15) is 13.2 Å². The van der Waals surface area contributed by atoms with Crippen molar-refractivity contribution in [1.82, 2.24) is 10.6 Å². The van der Waals surface area contributed by atoms with Crippen LogP contribution in [0.2, 0.25) is 0 Å². The molecule has 1 aliphatic carbocycles. The minimum absolute atomic E-state index is 0.0910. The third-order valence-corrected chi connectivity index (χ3v) is 6.41. The summed E-state index contributed by atoms with van der Waals surface area (Å²) in [7, 11) is 4.84. The van der Waals surface area contributed by atoms with Crippen LogP contribution in [-0.4, -0.2) is 64.2 Å². The zero-order valence-electron chi connectivity index (χ0n) is 21.4. The second-order valence-corrected chi connectivity index (χ2v) is 9.01. The Balaban J connectivity index is 1.33. The van der Waals surface area contributed by atoms with E-state index in [9.17, 15) is 19.2 Å². The number of nitrogens with zero attached hydrogens (tertiary/aromatic N) is 1. The zero-order chi connectivity index (χ0) is 27.2. The number of fused-ring (bicyclic) bond motifs is 3. The molecular weight excluding hydrogens is 486 g/mol. The molecular formula is C29H29N3O6.